The number of halogens is 1. The Hall–Kier alpha value is -1.19. The van der Waals surface area contributed by atoms with Crippen LogP contribution in [0.1, 0.15) is 12.8 Å². The van der Waals surface area contributed by atoms with Gasteiger partial charge in [0.1, 0.15) is 5.69 Å². The molecule has 0 aromatic carbocycles. The molecule has 1 saturated heterocycles. The van der Waals surface area contributed by atoms with Crippen LogP contribution in [-0.4, -0.2) is 37.3 Å². The molecule has 1 aromatic heterocycles. The van der Waals surface area contributed by atoms with Crippen LogP contribution in [0.15, 0.2) is 6.20 Å². The van der Waals surface area contributed by atoms with E-state index >= 15 is 0 Å². The van der Waals surface area contributed by atoms with Gasteiger partial charge in [-0.1, -0.05) is 0 Å². The zero-order valence-electron chi connectivity index (χ0n) is 10.0. The summed E-state index contributed by atoms with van der Waals surface area (Å²) < 4.78 is 39.0. The number of aryl methyl sites for hydroxylation is 1. The first-order valence-corrected chi connectivity index (χ1v) is 7.12. The Bertz CT molecular complexity index is 523. The van der Waals surface area contributed by atoms with Gasteiger partial charge in [-0.3, -0.25) is 0 Å². The fourth-order valence-corrected chi connectivity index (χ4v) is 3.13. The third-order valence-electron chi connectivity index (χ3n) is 2.96. The topological polar surface area (TPSA) is 93.2 Å². The van der Waals surface area contributed by atoms with Crippen LogP contribution in [0.3, 0.4) is 0 Å². The number of rotatable bonds is 3. The summed E-state index contributed by atoms with van der Waals surface area (Å²) in [6, 6.07) is -0.382. The Morgan fingerprint density at radius 3 is 2.83 bits per heavy atom. The van der Waals surface area contributed by atoms with E-state index in [4.69, 9.17) is 5.14 Å². The minimum atomic E-state index is -4.03. The number of nitrogens with two attached hydrogens (primary N) is 1. The van der Waals surface area contributed by atoms with Crippen LogP contribution in [0.2, 0.25) is 0 Å². The molecule has 3 N–H and O–H groups in total. The van der Waals surface area contributed by atoms with Crippen molar-refractivity contribution in [3.05, 3.63) is 12.1 Å². The quantitative estimate of drug-likeness (QED) is 0.765. The molecule has 1 fully saturated rings. The molecule has 18 heavy (non-hydrogen) atoms. The maximum atomic E-state index is 13.8. The van der Waals surface area contributed by atoms with Crippen LogP contribution >= 0.6 is 0 Å². The third kappa shape index (κ3) is 2.47. The smallest absolute Gasteiger partial charge is 0.299 e. The van der Waals surface area contributed by atoms with E-state index in [0.717, 1.165) is 22.0 Å². The fraction of sp³-hybridized carbons (Fsp3) is 0.667. The molecule has 2 heterocycles. The fourth-order valence-electron chi connectivity index (χ4n) is 2.13. The second kappa shape index (κ2) is 4.82. The second-order valence-corrected chi connectivity index (χ2v) is 5.71. The minimum absolute atomic E-state index is 0.103. The molecule has 0 bridgehead atoms. The van der Waals surface area contributed by atoms with Crippen molar-refractivity contribution >= 4 is 15.9 Å². The second-order valence-electron chi connectivity index (χ2n) is 4.29. The van der Waals surface area contributed by atoms with Crippen molar-refractivity contribution in [1.29, 1.82) is 0 Å². The van der Waals surface area contributed by atoms with Crippen molar-refractivity contribution in [2.45, 2.75) is 18.9 Å². The first kappa shape index (κ1) is 13.2. The van der Waals surface area contributed by atoms with E-state index in [0.29, 0.717) is 13.0 Å². The molecule has 0 saturated carbocycles. The van der Waals surface area contributed by atoms with Crippen LogP contribution in [0.5, 0.6) is 0 Å². The van der Waals surface area contributed by atoms with Crippen molar-refractivity contribution in [2.24, 2.45) is 12.2 Å². The Balaban J connectivity index is 2.40. The number of piperidine rings is 1. The maximum absolute atomic E-state index is 13.8. The number of hydrogen-bond donors (Lipinski definition) is 2. The molecule has 7 nitrogen and oxygen atoms in total. The Labute approximate surface area is 105 Å². The van der Waals surface area contributed by atoms with Gasteiger partial charge in [0.15, 0.2) is 0 Å². The number of anilines is 1. The van der Waals surface area contributed by atoms with E-state index in [9.17, 15) is 12.8 Å². The van der Waals surface area contributed by atoms with E-state index in [1.54, 1.807) is 0 Å². The van der Waals surface area contributed by atoms with Crippen molar-refractivity contribution in [2.75, 3.05) is 17.4 Å². The van der Waals surface area contributed by atoms with E-state index < -0.39 is 16.2 Å². The van der Waals surface area contributed by atoms with Crippen molar-refractivity contribution in [3.8, 4) is 0 Å². The standard InChI is InChI=1S/C9H16FN5O2S/c1-14-9(10)8(6-13-14)15(18(11,16)17)7-3-2-4-12-5-7/h6-7,12H,2-5H2,1H3,(H2,11,16,17). The van der Waals surface area contributed by atoms with Gasteiger partial charge in [-0.15, -0.1) is 0 Å². The van der Waals surface area contributed by atoms with Crippen LogP contribution in [-0.2, 0) is 17.3 Å². The highest BCUT2D eigenvalue weighted by Gasteiger charge is 2.32. The van der Waals surface area contributed by atoms with Crippen LogP contribution in [0.25, 0.3) is 0 Å². The zero-order valence-corrected chi connectivity index (χ0v) is 10.8. The summed E-state index contributed by atoms with van der Waals surface area (Å²) in [5.74, 6) is -0.713. The van der Waals surface area contributed by atoms with Gasteiger partial charge < -0.3 is 5.32 Å². The zero-order chi connectivity index (χ0) is 13.3. The Morgan fingerprint density at radius 2 is 2.39 bits per heavy atom. The first-order chi connectivity index (χ1) is 8.41. The van der Waals surface area contributed by atoms with Crippen LogP contribution in [0, 0.1) is 5.95 Å². The number of nitrogens with one attached hydrogen (secondary N) is 1. The largest absolute Gasteiger partial charge is 0.315 e. The molecule has 1 aromatic rings. The van der Waals surface area contributed by atoms with Crippen LogP contribution < -0.4 is 14.8 Å². The summed E-state index contributed by atoms with van der Waals surface area (Å²) in [4.78, 5) is 0. The van der Waals surface area contributed by atoms with Gasteiger partial charge in [0, 0.05) is 13.6 Å². The van der Waals surface area contributed by atoms with Gasteiger partial charge in [0.25, 0.3) is 10.2 Å². The molecule has 0 spiro atoms. The average molecular weight is 277 g/mol. The molecule has 9 heteroatoms. The van der Waals surface area contributed by atoms with E-state index in [1.165, 1.54) is 13.2 Å². The molecule has 0 radical (unpaired) electrons. The van der Waals surface area contributed by atoms with Crippen molar-refractivity contribution < 1.29 is 12.8 Å². The number of hydrogen-bond acceptors (Lipinski definition) is 4. The van der Waals surface area contributed by atoms with Gasteiger partial charge in [-0.25, -0.2) is 14.1 Å². The van der Waals surface area contributed by atoms with Crippen molar-refractivity contribution in [3.63, 3.8) is 0 Å². The molecule has 102 valence electrons. The lowest BCUT2D eigenvalue weighted by Gasteiger charge is -2.32. The van der Waals surface area contributed by atoms with Crippen LogP contribution in [0.4, 0.5) is 10.1 Å². The molecule has 0 amide bonds. The summed E-state index contributed by atoms with van der Waals surface area (Å²) in [5, 5.41) is 12.0. The first-order valence-electron chi connectivity index (χ1n) is 5.61. The van der Waals surface area contributed by atoms with Gasteiger partial charge in [-0.2, -0.15) is 17.9 Å². The Morgan fingerprint density at radius 1 is 1.67 bits per heavy atom. The summed E-state index contributed by atoms with van der Waals surface area (Å²) in [5.41, 5.74) is -0.103. The van der Waals surface area contributed by atoms with E-state index in [1.807, 2.05) is 0 Å². The van der Waals surface area contributed by atoms with Gasteiger partial charge in [0.05, 0.1) is 12.2 Å². The van der Waals surface area contributed by atoms with Crippen molar-refractivity contribution in [1.82, 2.24) is 15.1 Å². The molecule has 1 atom stereocenters. The van der Waals surface area contributed by atoms with Gasteiger partial charge >= 0.3 is 0 Å². The molecule has 2 rings (SSSR count). The SMILES string of the molecule is Cn1ncc(N(C2CCCNC2)S(N)(=O)=O)c1F. The maximum Gasteiger partial charge on any atom is 0.299 e. The number of aromatic nitrogens is 2. The predicted molar refractivity (Wildman–Crippen MR) is 64.6 cm³/mol. The highest BCUT2D eigenvalue weighted by Crippen LogP contribution is 2.25. The van der Waals surface area contributed by atoms with E-state index in [2.05, 4.69) is 10.4 Å². The lowest BCUT2D eigenvalue weighted by molar-refractivity contribution is 0.447. The lowest BCUT2D eigenvalue weighted by atomic mass is 10.1. The lowest BCUT2D eigenvalue weighted by Crippen LogP contribution is -2.51. The average Bonchev–Trinajstić information content (AvgIpc) is 2.61. The summed E-state index contributed by atoms with van der Waals surface area (Å²) in [6.45, 7) is 1.27. The molecule has 1 aliphatic rings. The Kier molecular flexibility index (Phi) is 3.55. The van der Waals surface area contributed by atoms with Gasteiger partial charge in [-0.05, 0) is 19.4 Å². The highest BCUT2D eigenvalue weighted by atomic mass is 32.2. The molecular weight excluding hydrogens is 261 g/mol. The third-order valence-corrected chi connectivity index (χ3v) is 4.01. The molecule has 1 aliphatic heterocycles. The highest BCUT2D eigenvalue weighted by molar-refractivity contribution is 7.90. The van der Waals surface area contributed by atoms with E-state index in [-0.39, 0.29) is 11.7 Å². The minimum Gasteiger partial charge on any atom is -0.315 e. The molecule has 0 aliphatic carbocycles. The summed E-state index contributed by atoms with van der Waals surface area (Å²) in [6.07, 6.45) is 2.63. The molecular formula is C9H16FN5O2S. The monoisotopic (exact) mass is 277 g/mol. The molecule has 1 unspecified atom stereocenters. The summed E-state index contributed by atoms with van der Waals surface area (Å²) in [7, 11) is -2.62. The normalized spacial score (nSPS) is 20.9. The predicted octanol–water partition coefficient (Wildman–Crippen LogP) is -0.679. The summed E-state index contributed by atoms with van der Waals surface area (Å²) >= 11 is 0. The van der Waals surface area contributed by atoms with Gasteiger partial charge in [0.2, 0.25) is 5.95 Å². The number of nitrogens with zero attached hydrogens (tertiary/aromatic N) is 3.